The molecule has 2 aliphatic rings. The fraction of sp³-hybridized carbons (Fsp3) is 0.368. The van der Waals surface area contributed by atoms with Crippen LogP contribution in [0, 0.1) is 0 Å². The zero-order chi connectivity index (χ0) is 16.7. The van der Waals surface area contributed by atoms with Crippen LogP contribution < -0.4 is 5.32 Å². The molecule has 1 N–H and O–H groups in total. The molecule has 5 heteroatoms. The Hall–Kier alpha value is -2.40. The molecule has 2 aliphatic heterocycles. The van der Waals surface area contributed by atoms with Gasteiger partial charge in [-0.05, 0) is 36.1 Å². The van der Waals surface area contributed by atoms with E-state index in [1.54, 1.807) is 6.92 Å². The molecule has 0 spiro atoms. The van der Waals surface area contributed by atoms with Gasteiger partial charge in [-0.25, -0.2) is 4.79 Å². The number of fused-ring (bicyclic) bond motifs is 1. The first kappa shape index (κ1) is 15.1. The van der Waals surface area contributed by atoms with Crippen molar-refractivity contribution < 1.29 is 14.3 Å². The molecule has 0 aromatic heterocycles. The largest absolute Gasteiger partial charge is 0.376 e. The van der Waals surface area contributed by atoms with Crippen LogP contribution in [0.3, 0.4) is 0 Å². The fourth-order valence-corrected chi connectivity index (χ4v) is 3.70. The van der Waals surface area contributed by atoms with Crippen LogP contribution in [0.25, 0.3) is 10.8 Å². The van der Waals surface area contributed by atoms with Gasteiger partial charge < -0.3 is 10.1 Å². The second-order valence-corrected chi connectivity index (χ2v) is 6.63. The number of nitrogens with zero attached hydrogens (tertiary/aromatic N) is 1. The predicted octanol–water partition coefficient (Wildman–Crippen LogP) is 2.79. The molecule has 2 aromatic rings. The monoisotopic (exact) mass is 324 g/mol. The van der Waals surface area contributed by atoms with Gasteiger partial charge >= 0.3 is 6.03 Å². The van der Waals surface area contributed by atoms with Crippen molar-refractivity contribution in [1.29, 1.82) is 0 Å². The molecular formula is C19H20N2O3. The molecule has 2 unspecified atom stereocenters. The van der Waals surface area contributed by atoms with Gasteiger partial charge in [0.25, 0.3) is 5.91 Å². The molecule has 24 heavy (non-hydrogen) atoms. The number of ether oxygens (including phenoxy) is 1. The van der Waals surface area contributed by atoms with Crippen LogP contribution in [-0.2, 0) is 15.1 Å². The molecule has 3 amide bonds. The summed E-state index contributed by atoms with van der Waals surface area (Å²) in [6, 6.07) is 13.4. The highest BCUT2D eigenvalue weighted by Gasteiger charge is 2.50. The van der Waals surface area contributed by atoms with Gasteiger partial charge in [-0.2, -0.15) is 0 Å². The topological polar surface area (TPSA) is 58.6 Å². The lowest BCUT2D eigenvalue weighted by Gasteiger charge is -2.24. The minimum atomic E-state index is -1.05. The summed E-state index contributed by atoms with van der Waals surface area (Å²) in [6.45, 7) is 2.81. The van der Waals surface area contributed by atoms with Gasteiger partial charge in [0.15, 0.2) is 0 Å². The van der Waals surface area contributed by atoms with Crippen molar-refractivity contribution in [3.63, 3.8) is 0 Å². The van der Waals surface area contributed by atoms with E-state index < -0.39 is 5.54 Å². The van der Waals surface area contributed by atoms with E-state index in [2.05, 4.69) is 5.32 Å². The number of hydrogen-bond donors (Lipinski definition) is 1. The second-order valence-electron chi connectivity index (χ2n) is 6.63. The second kappa shape index (κ2) is 5.60. The number of hydrogen-bond acceptors (Lipinski definition) is 3. The summed E-state index contributed by atoms with van der Waals surface area (Å²) in [5.41, 5.74) is -0.218. The number of carbonyl (C=O) groups is 2. The van der Waals surface area contributed by atoms with E-state index in [1.807, 2.05) is 42.5 Å². The van der Waals surface area contributed by atoms with Gasteiger partial charge in [0, 0.05) is 6.61 Å². The van der Waals surface area contributed by atoms with Crippen LogP contribution >= 0.6 is 0 Å². The summed E-state index contributed by atoms with van der Waals surface area (Å²) < 4.78 is 5.58. The summed E-state index contributed by atoms with van der Waals surface area (Å²) in [4.78, 5) is 26.8. The Kier molecular flexibility index (Phi) is 3.53. The lowest BCUT2D eigenvalue weighted by Crippen LogP contribution is -2.42. The number of benzene rings is 2. The van der Waals surface area contributed by atoms with E-state index in [1.165, 1.54) is 4.90 Å². The summed E-state index contributed by atoms with van der Waals surface area (Å²) >= 11 is 0. The molecule has 0 bridgehead atoms. The summed E-state index contributed by atoms with van der Waals surface area (Å²) in [5, 5.41) is 4.93. The van der Waals surface area contributed by atoms with Crippen molar-refractivity contribution in [1.82, 2.24) is 10.2 Å². The molecule has 2 heterocycles. The molecule has 124 valence electrons. The molecule has 5 nitrogen and oxygen atoms in total. The SMILES string of the molecule is CC1(c2cccc3ccccc23)NC(=O)N(CC2CCCO2)C1=O. The Balaban J connectivity index is 1.71. The van der Waals surface area contributed by atoms with Crippen LogP contribution in [0.5, 0.6) is 0 Å². The fourth-order valence-electron chi connectivity index (χ4n) is 3.70. The van der Waals surface area contributed by atoms with Gasteiger partial charge in [0.1, 0.15) is 5.54 Å². The first-order valence-corrected chi connectivity index (χ1v) is 8.33. The van der Waals surface area contributed by atoms with Gasteiger partial charge in [-0.15, -0.1) is 0 Å². The minimum Gasteiger partial charge on any atom is -0.376 e. The Bertz CT molecular complexity index is 808. The molecule has 0 saturated carbocycles. The van der Waals surface area contributed by atoms with Crippen LogP contribution in [0.4, 0.5) is 4.79 Å². The summed E-state index contributed by atoms with van der Waals surface area (Å²) in [7, 11) is 0. The zero-order valence-electron chi connectivity index (χ0n) is 13.6. The molecule has 2 atom stereocenters. The highest BCUT2D eigenvalue weighted by molar-refractivity contribution is 6.09. The first-order chi connectivity index (χ1) is 11.6. The first-order valence-electron chi connectivity index (χ1n) is 8.33. The Morgan fingerprint density at radius 3 is 2.79 bits per heavy atom. The van der Waals surface area contributed by atoms with Crippen LogP contribution in [0.15, 0.2) is 42.5 Å². The zero-order valence-corrected chi connectivity index (χ0v) is 13.6. The van der Waals surface area contributed by atoms with E-state index in [0.717, 1.165) is 29.2 Å². The molecule has 2 fully saturated rings. The quantitative estimate of drug-likeness (QED) is 0.883. The molecule has 0 radical (unpaired) electrons. The Morgan fingerprint density at radius 2 is 2.00 bits per heavy atom. The third-order valence-corrected chi connectivity index (χ3v) is 5.01. The Morgan fingerprint density at radius 1 is 1.21 bits per heavy atom. The van der Waals surface area contributed by atoms with Crippen molar-refractivity contribution in [2.45, 2.75) is 31.4 Å². The maximum absolute atomic E-state index is 13.1. The summed E-state index contributed by atoms with van der Waals surface area (Å²) in [5.74, 6) is -0.209. The molecular weight excluding hydrogens is 304 g/mol. The number of carbonyl (C=O) groups excluding carboxylic acids is 2. The number of nitrogens with one attached hydrogen (secondary N) is 1. The maximum atomic E-state index is 13.1. The maximum Gasteiger partial charge on any atom is 0.325 e. The van der Waals surface area contributed by atoms with Crippen molar-refractivity contribution in [3.8, 4) is 0 Å². The van der Waals surface area contributed by atoms with Crippen molar-refractivity contribution >= 4 is 22.7 Å². The third-order valence-electron chi connectivity index (χ3n) is 5.01. The average Bonchev–Trinajstić information content (AvgIpc) is 3.18. The molecule has 2 saturated heterocycles. The van der Waals surface area contributed by atoms with Crippen molar-refractivity contribution in [2.24, 2.45) is 0 Å². The number of amides is 3. The molecule has 2 aromatic carbocycles. The van der Waals surface area contributed by atoms with Gasteiger partial charge in [0.05, 0.1) is 12.6 Å². The number of rotatable bonds is 3. The van der Waals surface area contributed by atoms with Crippen molar-refractivity contribution in [3.05, 3.63) is 48.0 Å². The Labute approximate surface area is 140 Å². The molecule has 0 aliphatic carbocycles. The highest BCUT2D eigenvalue weighted by atomic mass is 16.5. The summed E-state index contributed by atoms with van der Waals surface area (Å²) in [6.07, 6.45) is 1.83. The van der Waals surface area contributed by atoms with Gasteiger partial charge in [-0.1, -0.05) is 42.5 Å². The highest BCUT2D eigenvalue weighted by Crippen LogP contribution is 2.34. The molecule has 4 rings (SSSR count). The normalized spacial score (nSPS) is 27.0. The van der Waals surface area contributed by atoms with Crippen LogP contribution in [0.1, 0.15) is 25.3 Å². The van der Waals surface area contributed by atoms with Gasteiger partial charge in [0.2, 0.25) is 0 Å². The van der Waals surface area contributed by atoms with E-state index >= 15 is 0 Å². The van der Waals surface area contributed by atoms with Crippen LogP contribution in [-0.4, -0.2) is 36.1 Å². The number of imide groups is 1. The van der Waals surface area contributed by atoms with E-state index in [-0.39, 0.29) is 18.0 Å². The lowest BCUT2D eigenvalue weighted by atomic mass is 9.88. The lowest BCUT2D eigenvalue weighted by molar-refractivity contribution is -0.132. The standard InChI is InChI=1S/C19H20N2O3/c1-19(16-10-4-7-13-6-2-3-9-15(13)16)17(22)21(18(23)20-19)12-14-8-5-11-24-14/h2-4,6-7,9-10,14H,5,8,11-12H2,1H3,(H,20,23). The van der Waals surface area contributed by atoms with Gasteiger partial charge in [-0.3, -0.25) is 9.69 Å². The van der Waals surface area contributed by atoms with E-state index in [0.29, 0.717) is 13.2 Å². The number of urea groups is 1. The average molecular weight is 324 g/mol. The minimum absolute atomic E-state index is 0.0467. The van der Waals surface area contributed by atoms with Crippen LogP contribution in [0.2, 0.25) is 0 Å². The third kappa shape index (κ3) is 2.27. The predicted molar refractivity (Wildman–Crippen MR) is 90.5 cm³/mol. The van der Waals surface area contributed by atoms with E-state index in [4.69, 9.17) is 4.74 Å². The van der Waals surface area contributed by atoms with Crippen molar-refractivity contribution in [2.75, 3.05) is 13.2 Å². The van der Waals surface area contributed by atoms with E-state index in [9.17, 15) is 9.59 Å². The smallest absolute Gasteiger partial charge is 0.325 e.